The summed E-state index contributed by atoms with van der Waals surface area (Å²) < 4.78 is 0. The Kier molecular flexibility index (Phi) is 6.21. The van der Waals surface area contributed by atoms with Crippen molar-refractivity contribution < 1.29 is 4.79 Å². The fourth-order valence-corrected chi connectivity index (χ4v) is 4.06. The van der Waals surface area contributed by atoms with Crippen LogP contribution in [0.2, 0.25) is 0 Å². The zero-order valence-electron chi connectivity index (χ0n) is 16.7. The third-order valence-electron chi connectivity index (χ3n) is 4.91. The lowest BCUT2D eigenvalue weighted by molar-refractivity contribution is -0.131. The first-order valence-corrected chi connectivity index (χ1v) is 9.31. The number of aromatic nitrogens is 4. The maximum atomic E-state index is 14.0. The first kappa shape index (κ1) is 20.1. The Morgan fingerprint density at radius 3 is 1.50 bits per heavy atom. The Morgan fingerprint density at radius 1 is 0.846 bits per heavy atom. The quantitative estimate of drug-likeness (QED) is 0.712. The summed E-state index contributed by atoms with van der Waals surface area (Å²) >= 11 is 0. The van der Waals surface area contributed by atoms with E-state index in [1.54, 1.807) is 12.4 Å². The van der Waals surface area contributed by atoms with Gasteiger partial charge in [-0.25, -0.2) is 0 Å². The molecule has 0 aliphatic rings. The Morgan fingerprint density at radius 2 is 1.23 bits per heavy atom. The van der Waals surface area contributed by atoms with Gasteiger partial charge >= 0.3 is 0 Å². The van der Waals surface area contributed by atoms with E-state index in [9.17, 15) is 4.79 Å². The Labute approximate surface area is 156 Å². The first-order chi connectivity index (χ1) is 12.2. The van der Waals surface area contributed by atoms with Gasteiger partial charge in [-0.1, -0.05) is 27.7 Å². The van der Waals surface area contributed by atoms with E-state index in [0.29, 0.717) is 24.7 Å². The van der Waals surface area contributed by atoms with Crippen molar-refractivity contribution in [2.24, 2.45) is 11.8 Å². The predicted molar refractivity (Wildman–Crippen MR) is 103 cm³/mol. The minimum Gasteiger partial charge on any atom is -0.298 e. The summed E-state index contributed by atoms with van der Waals surface area (Å²) in [6.45, 7) is 12.5. The molecule has 26 heavy (non-hydrogen) atoms. The van der Waals surface area contributed by atoms with E-state index in [0.717, 1.165) is 11.4 Å². The number of carbonyl (C=O) groups excluding carboxylic acids is 1. The van der Waals surface area contributed by atoms with Crippen molar-refractivity contribution in [2.75, 3.05) is 0 Å². The van der Waals surface area contributed by atoms with Crippen molar-refractivity contribution in [3.63, 3.8) is 0 Å². The molecule has 0 spiro atoms. The largest absolute Gasteiger partial charge is 0.298 e. The number of carbonyl (C=O) groups is 1. The molecule has 140 valence electrons. The molecule has 2 aromatic heterocycles. The second kappa shape index (κ2) is 8.02. The summed E-state index contributed by atoms with van der Waals surface area (Å²) in [7, 11) is 0. The molecule has 0 aliphatic heterocycles. The molecule has 0 saturated carbocycles. The minimum absolute atomic E-state index is 0.133. The standard InChI is InChI=1S/C21H30N4O/c1-15(2)13-20(5,17-9-7-11-22-24-17)19(26)21(6,14-16(3)4)18-10-8-12-23-25-18/h7-12,15-16H,13-14H2,1-6H3. The van der Waals surface area contributed by atoms with E-state index in [-0.39, 0.29) is 5.78 Å². The number of rotatable bonds is 8. The van der Waals surface area contributed by atoms with Gasteiger partial charge in [0.1, 0.15) is 0 Å². The van der Waals surface area contributed by atoms with Gasteiger partial charge in [-0.3, -0.25) is 4.79 Å². The summed E-state index contributed by atoms with van der Waals surface area (Å²) in [5.74, 6) is 0.820. The van der Waals surface area contributed by atoms with Crippen molar-refractivity contribution in [3.8, 4) is 0 Å². The van der Waals surface area contributed by atoms with E-state index in [1.165, 1.54) is 0 Å². The molecule has 0 bridgehead atoms. The van der Waals surface area contributed by atoms with E-state index < -0.39 is 10.8 Å². The number of Topliss-reactive ketones (excluding diaryl/α,β-unsaturated/α-hetero) is 1. The Hall–Kier alpha value is -2.17. The van der Waals surface area contributed by atoms with E-state index in [1.807, 2.05) is 38.1 Å². The molecule has 0 saturated heterocycles. The average molecular weight is 354 g/mol. The molecule has 0 amide bonds. The lowest BCUT2D eigenvalue weighted by Crippen LogP contribution is -2.48. The minimum atomic E-state index is -0.733. The molecule has 2 heterocycles. The second-order valence-electron chi connectivity index (χ2n) is 8.41. The molecule has 0 N–H and O–H groups in total. The number of ketones is 1. The zero-order chi connectivity index (χ0) is 19.4. The van der Waals surface area contributed by atoms with Gasteiger partial charge < -0.3 is 0 Å². The van der Waals surface area contributed by atoms with Crippen LogP contribution in [0.1, 0.15) is 65.8 Å². The third-order valence-corrected chi connectivity index (χ3v) is 4.91. The molecule has 2 unspecified atom stereocenters. The summed E-state index contributed by atoms with van der Waals surface area (Å²) in [4.78, 5) is 14.0. The number of hydrogen-bond acceptors (Lipinski definition) is 5. The second-order valence-corrected chi connectivity index (χ2v) is 8.41. The van der Waals surface area contributed by atoms with Crippen LogP contribution in [-0.4, -0.2) is 26.2 Å². The normalized spacial score (nSPS) is 16.3. The summed E-state index contributed by atoms with van der Waals surface area (Å²) in [5, 5.41) is 16.7. The highest BCUT2D eigenvalue weighted by Gasteiger charge is 2.49. The van der Waals surface area contributed by atoms with Crippen LogP contribution in [0.4, 0.5) is 0 Å². The maximum absolute atomic E-state index is 14.0. The SMILES string of the molecule is CC(C)CC(C)(C(=O)C(C)(CC(C)C)c1cccnn1)c1cccnn1. The van der Waals surface area contributed by atoms with Crippen molar-refractivity contribution in [1.82, 2.24) is 20.4 Å². The third kappa shape index (κ3) is 4.14. The van der Waals surface area contributed by atoms with Gasteiger partial charge in [-0.2, -0.15) is 20.4 Å². The Bertz CT molecular complexity index is 656. The monoisotopic (exact) mass is 354 g/mol. The smallest absolute Gasteiger partial charge is 0.156 e. The highest BCUT2D eigenvalue weighted by molar-refractivity contribution is 5.97. The molecule has 0 aliphatic carbocycles. The zero-order valence-corrected chi connectivity index (χ0v) is 16.7. The van der Waals surface area contributed by atoms with Crippen LogP contribution in [0.25, 0.3) is 0 Å². The Balaban J connectivity index is 2.59. The molecule has 2 aromatic rings. The van der Waals surface area contributed by atoms with Crippen molar-refractivity contribution >= 4 is 5.78 Å². The van der Waals surface area contributed by atoms with E-state index in [2.05, 4.69) is 48.1 Å². The topological polar surface area (TPSA) is 68.6 Å². The lowest BCUT2D eigenvalue weighted by Gasteiger charge is -2.39. The van der Waals surface area contributed by atoms with Crippen LogP contribution in [0.15, 0.2) is 36.7 Å². The van der Waals surface area contributed by atoms with Crippen molar-refractivity contribution in [2.45, 2.75) is 65.2 Å². The van der Waals surface area contributed by atoms with Gasteiger partial charge in [-0.15, -0.1) is 0 Å². The van der Waals surface area contributed by atoms with Crippen LogP contribution in [-0.2, 0) is 15.6 Å². The van der Waals surface area contributed by atoms with Crippen LogP contribution in [0.5, 0.6) is 0 Å². The fraction of sp³-hybridized carbons (Fsp3) is 0.571. The molecule has 5 nitrogen and oxygen atoms in total. The van der Waals surface area contributed by atoms with Crippen LogP contribution in [0.3, 0.4) is 0 Å². The van der Waals surface area contributed by atoms with Crippen LogP contribution >= 0.6 is 0 Å². The summed E-state index contributed by atoms with van der Waals surface area (Å²) in [6, 6.07) is 7.49. The van der Waals surface area contributed by atoms with Gasteiger partial charge in [0.2, 0.25) is 0 Å². The maximum Gasteiger partial charge on any atom is 0.156 e. The van der Waals surface area contributed by atoms with Gasteiger partial charge in [0.25, 0.3) is 0 Å². The first-order valence-electron chi connectivity index (χ1n) is 9.31. The molecular formula is C21H30N4O. The summed E-state index contributed by atoms with van der Waals surface area (Å²) in [5.41, 5.74) is -0.0252. The van der Waals surface area contributed by atoms with Gasteiger partial charge in [-0.05, 0) is 62.8 Å². The molecule has 0 aromatic carbocycles. The average Bonchev–Trinajstić information content (AvgIpc) is 2.61. The summed E-state index contributed by atoms with van der Waals surface area (Å²) in [6.07, 6.45) is 4.69. The molecule has 2 atom stereocenters. The van der Waals surface area contributed by atoms with E-state index >= 15 is 0 Å². The molecule has 0 radical (unpaired) electrons. The predicted octanol–water partition coefficient (Wildman–Crippen LogP) is 4.14. The number of nitrogens with zero attached hydrogens (tertiary/aromatic N) is 4. The highest BCUT2D eigenvalue weighted by Crippen LogP contribution is 2.41. The molecular weight excluding hydrogens is 324 g/mol. The molecule has 2 rings (SSSR count). The highest BCUT2D eigenvalue weighted by atomic mass is 16.1. The van der Waals surface area contributed by atoms with Crippen LogP contribution in [0, 0.1) is 11.8 Å². The van der Waals surface area contributed by atoms with Crippen molar-refractivity contribution in [1.29, 1.82) is 0 Å². The van der Waals surface area contributed by atoms with Gasteiger partial charge in [0, 0.05) is 12.4 Å². The number of hydrogen-bond donors (Lipinski definition) is 0. The molecule has 0 fully saturated rings. The van der Waals surface area contributed by atoms with Crippen molar-refractivity contribution in [3.05, 3.63) is 48.0 Å². The lowest BCUT2D eigenvalue weighted by atomic mass is 9.63. The fourth-order valence-electron chi connectivity index (χ4n) is 4.06. The van der Waals surface area contributed by atoms with E-state index in [4.69, 9.17) is 0 Å². The van der Waals surface area contributed by atoms with Gasteiger partial charge in [0.05, 0.1) is 22.2 Å². The molecule has 5 heteroatoms. The van der Waals surface area contributed by atoms with Crippen LogP contribution < -0.4 is 0 Å². The van der Waals surface area contributed by atoms with Gasteiger partial charge in [0.15, 0.2) is 5.78 Å².